The van der Waals surface area contributed by atoms with Gasteiger partial charge in [0.05, 0.1) is 61.0 Å². The molecule has 0 radical (unpaired) electrons. The van der Waals surface area contributed by atoms with Crippen LogP contribution in [0.15, 0.2) is 12.2 Å². The van der Waals surface area contributed by atoms with Gasteiger partial charge < -0.3 is 64.9 Å². The third-order valence-corrected chi connectivity index (χ3v) is 10.5. The Morgan fingerprint density at radius 2 is 1.43 bits per heavy atom. The Kier molecular flexibility index (Phi) is 16.8. The van der Waals surface area contributed by atoms with Crippen LogP contribution in [0.25, 0.3) is 0 Å². The molecule has 0 spiro atoms. The van der Waals surface area contributed by atoms with E-state index in [0.717, 1.165) is 0 Å². The summed E-state index contributed by atoms with van der Waals surface area (Å²) < 4.78 is 22.6. The molecular weight excluding hydrogens is 644 g/mol. The minimum absolute atomic E-state index is 0.0220. The van der Waals surface area contributed by atoms with Crippen molar-refractivity contribution in [2.24, 2.45) is 11.8 Å². The molecule has 0 aromatic rings. The van der Waals surface area contributed by atoms with Crippen LogP contribution in [-0.4, -0.2) is 144 Å². The van der Waals surface area contributed by atoms with Crippen molar-refractivity contribution in [2.45, 2.75) is 183 Å². The molecule has 3 aliphatic heterocycles. The topological polar surface area (TPSA) is 239 Å². The van der Waals surface area contributed by atoms with Gasteiger partial charge >= 0.3 is 5.97 Å². The second-order valence-corrected chi connectivity index (χ2v) is 14.8. The summed E-state index contributed by atoms with van der Waals surface area (Å²) >= 11 is 0. The van der Waals surface area contributed by atoms with E-state index in [9.17, 15) is 50.8 Å². The third-order valence-electron chi connectivity index (χ3n) is 10.5. The first kappa shape index (κ1) is 42.1. The monoisotopic (exact) mass is 706 g/mol. The van der Waals surface area contributed by atoms with Crippen LogP contribution in [0.2, 0.25) is 0 Å². The molecule has 0 aliphatic carbocycles. The van der Waals surface area contributed by atoms with Crippen LogP contribution in [0.4, 0.5) is 0 Å². The van der Waals surface area contributed by atoms with Crippen LogP contribution in [0, 0.1) is 11.8 Å². The third kappa shape index (κ3) is 13.3. The van der Waals surface area contributed by atoms with Crippen molar-refractivity contribution in [3.05, 3.63) is 12.2 Å². The number of ether oxygens (including phenoxy) is 4. The van der Waals surface area contributed by atoms with Crippen LogP contribution < -0.4 is 0 Å². The summed E-state index contributed by atoms with van der Waals surface area (Å²) in [5.41, 5.74) is 0. The van der Waals surface area contributed by atoms with Crippen molar-refractivity contribution in [1.29, 1.82) is 0 Å². The molecule has 286 valence electrons. The van der Waals surface area contributed by atoms with E-state index in [4.69, 9.17) is 18.9 Å². The number of aliphatic hydroxyl groups excluding tert-OH is 8. The number of carbonyl (C=O) groups is 1. The normalized spacial score (nSPS) is 47.3. The number of hydrogen-bond acceptors (Lipinski definition) is 14. The molecule has 49 heavy (non-hydrogen) atoms. The minimum atomic E-state index is -2.28. The van der Waals surface area contributed by atoms with Gasteiger partial charge in [-0.15, -0.1) is 0 Å². The van der Waals surface area contributed by atoms with Gasteiger partial charge in [0.1, 0.15) is 18.3 Å². The van der Waals surface area contributed by atoms with E-state index in [1.807, 2.05) is 6.92 Å². The number of methoxy groups -OCH3 is 1. The molecule has 2 bridgehead atoms. The zero-order valence-corrected chi connectivity index (χ0v) is 29.4. The molecule has 16 unspecified atom stereocenters. The molecule has 14 heteroatoms. The van der Waals surface area contributed by atoms with Gasteiger partial charge in [0, 0.05) is 31.9 Å². The first-order chi connectivity index (χ1) is 23.0. The van der Waals surface area contributed by atoms with E-state index in [1.54, 1.807) is 13.8 Å². The average molecular weight is 707 g/mol. The van der Waals surface area contributed by atoms with Gasteiger partial charge in [-0.1, -0.05) is 19.9 Å². The molecular formula is C35H62O14. The highest BCUT2D eigenvalue weighted by Crippen LogP contribution is 2.37. The summed E-state index contributed by atoms with van der Waals surface area (Å²) in [4.78, 5) is 12.4. The molecule has 3 rings (SSSR count). The maximum Gasteiger partial charge on any atom is 0.330 e. The average Bonchev–Trinajstić information content (AvgIpc) is 3.82. The Labute approximate surface area is 289 Å². The zero-order chi connectivity index (χ0) is 36.5. The predicted octanol–water partition coefficient (Wildman–Crippen LogP) is 0.198. The van der Waals surface area contributed by atoms with Gasteiger partial charge in [-0.25, -0.2) is 4.79 Å². The molecule has 3 heterocycles. The minimum Gasteiger partial charge on any atom is -0.459 e. The summed E-state index contributed by atoms with van der Waals surface area (Å²) in [5, 5.41) is 96.1. The van der Waals surface area contributed by atoms with Gasteiger partial charge in [-0.05, 0) is 77.0 Å². The predicted molar refractivity (Wildman–Crippen MR) is 176 cm³/mol. The standard InChI is InChI=1S/C35H62O14/c1-19-11-12-23(37)14-24(38)13-22(36)7-5-10-31(43)47-21(3)20(2)32-33(48-32)28(40)9-6-8-26(46-4)15-25(39)16-27-17-29(41)34(44)35(45,49-27)18-30(19)42/h5,10,19-30,32-34,36-42,44-45H,6-9,11-18H2,1-4H3/b10-5+. The first-order valence-electron chi connectivity index (χ1n) is 17.9. The Bertz CT molecular complexity index is 1010. The maximum atomic E-state index is 12.4. The number of hydrogen-bond donors (Lipinski definition) is 9. The largest absolute Gasteiger partial charge is 0.459 e. The van der Waals surface area contributed by atoms with E-state index in [-0.39, 0.29) is 63.1 Å². The quantitative estimate of drug-likeness (QED) is 0.131. The SMILES string of the molecule is COC1CCCC(O)C2OC2C(C)C(C)OC(=O)/C=C/CC(O)CC(O)CC(O)CCC(C)C(O)CC2(O)OC(CC(O)C1)CC(O)C2O. The van der Waals surface area contributed by atoms with Gasteiger partial charge in [0.2, 0.25) is 0 Å². The van der Waals surface area contributed by atoms with E-state index >= 15 is 0 Å². The zero-order valence-electron chi connectivity index (χ0n) is 29.4. The Morgan fingerprint density at radius 3 is 2.12 bits per heavy atom. The molecule has 0 saturated carbocycles. The van der Waals surface area contributed by atoms with Crippen LogP contribution in [0.1, 0.15) is 97.8 Å². The van der Waals surface area contributed by atoms with Crippen LogP contribution in [0.5, 0.6) is 0 Å². The van der Waals surface area contributed by atoms with E-state index in [0.29, 0.717) is 25.7 Å². The highest BCUT2D eigenvalue weighted by molar-refractivity contribution is 5.82. The maximum absolute atomic E-state index is 12.4. The summed E-state index contributed by atoms with van der Waals surface area (Å²) in [6.07, 6.45) is -6.54. The summed E-state index contributed by atoms with van der Waals surface area (Å²) in [6.45, 7) is 5.33. The Hall–Kier alpha value is -1.27. The summed E-state index contributed by atoms with van der Waals surface area (Å²) in [6, 6.07) is 0. The molecule has 0 aromatic heterocycles. The Balaban J connectivity index is 1.67. The number of fused-ring (bicyclic) bond motifs is 3. The molecule has 14 nitrogen and oxygen atoms in total. The van der Waals surface area contributed by atoms with Crippen LogP contribution >= 0.6 is 0 Å². The lowest BCUT2D eigenvalue weighted by Gasteiger charge is -2.45. The Morgan fingerprint density at radius 1 is 0.755 bits per heavy atom. The van der Waals surface area contributed by atoms with Crippen molar-refractivity contribution in [2.75, 3.05) is 7.11 Å². The summed E-state index contributed by atoms with van der Waals surface area (Å²) in [7, 11) is 1.53. The van der Waals surface area contributed by atoms with Crippen LogP contribution in [-0.2, 0) is 23.7 Å². The number of cyclic esters (lactones) is 1. The fraction of sp³-hybridized carbons (Fsp3) is 0.914. The molecule has 0 amide bonds. The van der Waals surface area contributed by atoms with Crippen molar-refractivity contribution in [3.63, 3.8) is 0 Å². The lowest BCUT2D eigenvalue weighted by atomic mass is 9.85. The van der Waals surface area contributed by atoms with Crippen molar-refractivity contribution >= 4 is 5.97 Å². The van der Waals surface area contributed by atoms with Gasteiger partial charge in [0.25, 0.3) is 0 Å². The lowest BCUT2D eigenvalue weighted by molar-refractivity contribution is -0.333. The van der Waals surface area contributed by atoms with Crippen LogP contribution in [0.3, 0.4) is 0 Å². The number of carbonyl (C=O) groups excluding carboxylic acids is 1. The molecule has 2 saturated heterocycles. The fourth-order valence-corrected chi connectivity index (χ4v) is 7.05. The summed E-state index contributed by atoms with van der Waals surface area (Å²) in [5.74, 6) is -3.51. The second-order valence-electron chi connectivity index (χ2n) is 14.8. The molecule has 9 N–H and O–H groups in total. The van der Waals surface area contributed by atoms with Crippen molar-refractivity contribution in [1.82, 2.24) is 0 Å². The highest BCUT2D eigenvalue weighted by Gasteiger charge is 2.50. The number of rotatable bonds is 1. The number of epoxide rings is 1. The smallest absolute Gasteiger partial charge is 0.330 e. The van der Waals surface area contributed by atoms with Gasteiger partial charge in [-0.3, -0.25) is 0 Å². The molecule has 3 aliphatic rings. The lowest BCUT2D eigenvalue weighted by Crippen LogP contribution is -2.59. The number of aliphatic hydroxyl groups is 9. The fourth-order valence-electron chi connectivity index (χ4n) is 7.05. The first-order valence-corrected chi connectivity index (χ1v) is 17.9. The highest BCUT2D eigenvalue weighted by atomic mass is 16.7. The van der Waals surface area contributed by atoms with E-state index < -0.39 is 91.2 Å². The second kappa shape index (κ2) is 19.5. The van der Waals surface area contributed by atoms with E-state index in [1.165, 1.54) is 19.3 Å². The van der Waals surface area contributed by atoms with Gasteiger partial charge in [-0.2, -0.15) is 0 Å². The van der Waals surface area contributed by atoms with Crippen molar-refractivity contribution < 1.29 is 69.7 Å². The van der Waals surface area contributed by atoms with Gasteiger partial charge in [0.15, 0.2) is 5.79 Å². The van der Waals surface area contributed by atoms with E-state index in [2.05, 4.69) is 0 Å². The molecule has 0 aromatic carbocycles. The molecule has 2 fully saturated rings. The molecule has 16 atom stereocenters. The number of esters is 1. The van der Waals surface area contributed by atoms with Crippen molar-refractivity contribution in [3.8, 4) is 0 Å².